The maximum absolute atomic E-state index is 14.0. The van der Waals surface area contributed by atoms with Gasteiger partial charge in [-0.3, -0.25) is 9.89 Å². The van der Waals surface area contributed by atoms with Crippen LogP contribution in [0.25, 0.3) is 11.3 Å². The smallest absolute Gasteiger partial charge is 0.273 e. The first-order chi connectivity index (χ1) is 15.6. The van der Waals surface area contributed by atoms with Gasteiger partial charge >= 0.3 is 0 Å². The second-order valence-corrected chi connectivity index (χ2v) is 7.27. The number of aromatic amines is 1. The molecule has 1 fully saturated rings. The van der Waals surface area contributed by atoms with E-state index in [9.17, 15) is 9.18 Å². The van der Waals surface area contributed by atoms with Gasteiger partial charge < -0.3 is 24.3 Å². The molecule has 0 aliphatic carbocycles. The van der Waals surface area contributed by atoms with Gasteiger partial charge in [0.1, 0.15) is 35.4 Å². The number of nitrogens with zero attached hydrogens (tertiary/aromatic N) is 1. The Morgan fingerprint density at radius 3 is 2.78 bits per heavy atom. The Labute approximate surface area is 184 Å². The summed E-state index contributed by atoms with van der Waals surface area (Å²) in [6.07, 6.45) is 1.95. The van der Waals surface area contributed by atoms with E-state index >= 15 is 0 Å². The normalized spacial score (nSPS) is 15.4. The topological polar surface area (TPSA) is 94.7 Å². The van der Waals surface area contributed by atoms with Gasteiger partial charge in [-0.25, -0.2) is 4.39 Å². The zero-order chi connectivity index (χ0) is 22.5. The summed E-state index contributed by atoms with van der Waals surface area (Å²) >= 11 is 0. The van der Waals surface area contributed by atoms with Gasteiger partial charge in [0, 0.05) is 18.2 Å². The van der Waals surface area contributed by atoms with Crippen molar-refractivity contribution in [2.75, 3.05) is 32.8 Å². The molecule has 9 heteroatoms. The molecule has 1 aliphatic heterocycles. The van der Waals surface area contributed by atoms with E-state index in [1.807, 2.05) is 0 Å². The fourth-order valence-corrected chi connectivity index (χ4v) is 3.46. The minimum absolute atomic E-state index is 0.0197. The predicted molar refractivity (Wildman–Crippen MR) is 116 cm³/mol. The van der Waals surface area contributed by atoms with Crippen LogP contribution in [0, 0.1) is 5.82 Å². The molecule has 8 nitrogen and oxygen atoms in total. The first kappa shape index (κ1) is 21.6. The van der Waals surface area contributed by atoms with Gasteiger partial charge in [0.25, 0.3) is 5.91 Å². The number of carbonyl (C=O) groups excluding carboxylic acids is 1. The van der Waals surface area contributed by atoms with Crippen molar-refractivity contribution in [3.05, 3.63) is 54.0 Å². The highest BCUT2D eigenvalue weighted by Crippen LogP contribution is 2.32. The molecule has 0 bridgehead atoms. The van der Waals surface area contributed by atoms with Crippen molar-refractivity contribution >= 4 is 11.6 Å². The number of halogens is 1. The Balaban J connectivity index is 1.53. The van der Waals surface area contributed by atoms with Gasteiger partial charge in [0.05, 0.1) is 31.7 Å². The molecule has 0 radical (unpaired) electrons. The van der Waals surface area contributed by atoms with Crippen LogP contribution < -0.4 is 19.5 Å². The lowest BCUT2D eigenvalue weighted by Gasteiger charge is -2.14. The van der Waals surface area contributed by atoms with Crippen molar-refractivity contribution in [3.63, 3.8) is 0 Å². The summed E-state index contributed by atoms with van der Waals surface area (Å²) in [6, 6.07) is 10.8. The second kappa shape index (κ2) is 9.69. The lowest BCUT2D eigenvalue weighted by Crippen LogP contribution is -2.16. The summed E-state index contributed by atoms with van der Waals surface area (Å²) in [4.78, 5) is 12.8. The molecule has 1 unspecified atom stereocenters. The van der Waals surface area contributed by atoms with Gasteiger partial charge in [-0.1, -0.05) is 0 Å². The first-order valence-corrected chi connectivity index (χ1v) is 10.2. The van der Waals surface area contributed by atoms with Crippen LogP contribution in [0.1, 0.15) is 23.3 Å². The number of hydrogen-bond donors (Lipinski definition) is 2. The first-order valence-electron chi connectivity index (χ1n) is 10.2. The standard InChI is InChI=1S/C23H24FN3O5/c1-29-15-6-8-22(30-2)19(11-15)25-23(28)20-12-18(26-27-20)17-10-14(24)5-7-21(17)32-13-16-4-3-9-31-16/h5-8,10-12,16H,3-4,9,13H2,1-2H3,(H,25,28)(H,26,27). The lowest BCUT2D eigenvalue weighted by molar-refractivity contribution is 0.0681. The summed E-state index contributed by atoms with van der Waals surface area (Å²) < 4.78 is 35.9. The minimum atomic E-state index is -0.437. The molecule has 4 rings (SSSR count). The summed E-state index contributed by atoms with van der Waals surface area (Å²) in [5, 5.41) is 9.65. The van der Waals surface area contributed by atoms with Crippen molar-refractivity contribution in [2.45, 2.75) is 18.9 Å². The molecule has 32 heavy (non-hydrogen) atoms. The van der Waals surface area contributed by atoms with Crippen molar-refractivity contribution in [1.82, 2.24) is 10.2 Å². The van der Waals surface area contributed by atoms with Crippen molar-refractivity contribution in [1.29, 1.82) is 0 Å². The maximum Gasteiger partial charge on any atom is 0.273 e. The van der Waals surface area contributed by atoms with E-state index in [-0.39, 0.29) is 11.8 Å². The van der Waals surface area contributed by atoms with E-state index in [0.29, 0.717) is 40.8 Å². The molecule has 1 aromatic heterocycles. The number of rotatable bonds is 8. The average molecular weight is 441 g/mol. The van der Waals surface area contributed by atoms with Gasteiger partial charge in [0.15, 0.2) is 0 Å². The zero-order valence-electron chi connectivity index (χ0n) is 17.8. The number of anilines is 1. The molecule has 0 spiro atoms. The fraction of sp³-hybridized carbons (Fsp3) is 0.304. The largest absolute Gasteiger partial charge is 0.497 e. The number of nitrogens with one attached hydrogen (secondary N) is 2. The highest BCUT2D eigenvalue weighted by atomic mass is 19.1. The monoisotopic (exact) mass is 441 g/mol. The number of ether oxygens (including phenoxy) is 4. The van der Waals surface area contributed by atoms with Crippen LogP contribution in [0.2, 0.25) is 0 Å². The highest BCUT2D eigenvalue weighted by Gasteiger charge is 2.19. The van der Waals surface area contributed by atoms with Crippen LogP contribution >= 0.6 is 0 Å². The molecule has 1 amide bonds. The van der Waals surface area contributed by atoms with Crippen molar-refractivity contribution in [2.24, 2.45) is 0 Å². The van der Waals surface area contributed by atoms with Gasteiger partial charge in [-0.15, -0.1) is 0 Å². The highest BCUT2D eigenvalue weighted by molar-refractivity contribution is 6.04. The molecule has 0 saturated carbocycles. The molecule has 2 aromatic carbocycles. The fourth-order valence-electron chi connectivity index (χ4n) is 3.46. The number of amides is 1. The number of carbonyl (C=O) groups is 1. The molecule has 1 aliphatic rings. The van der Waals surface area contributed by atoms with Gasteiger partial charge in [-0.2, -0.15) is 5.10 Å². The SMILES string of the molecule is COc1ccc(OC)c(NC(=O)c2cc(-c3cc(F)ccc3OCC3CCCO3)n[nH]2)c1. The molecule has 2 heterocycles. The molecule has 1 saturated heterocycles. The maximum atomic E-state index is 14.0. The summed E-state index contributed by atoms with van der Waals surface area (Å²) in [6.45, 7) is 1.09. The quantitative estimate of drug-likeness (QED) is 0.548. The van der Waals surface area contributed by atoms with Gasteiger partial charge in [-0.05, 0) is 49.2 Å². The third-order valence-electron chi connectivity index (χ3n) is 5.14. The molecular formula is C23H24FN3O5. The number of H-pyrrole nitrogens is 1. The van der Waals surface area contributed by atoms with E-state index in [2.05, 4.69) is 15.5 Å². The molecular weight excluding hydrogens is 417 g/mol. The van der Waals surface area contributed by atoms with Crippen LogP contribution in [0.15, 0.2) is 42.5 Å². The second-order valence-electron chi connectivity index (χ2n) is 7.27. The summed E-state index contributed by atoms with van der Waals surface area (Å²) in [7, 11) is 3.04. The van der Waals surface area contributed by atoms with E-state index in [0.717, 1.165) is 19.4 Å². The van der Waals surface area contributed by atoms with Crippen LogP contribution in [0.5, 0.6) is 17.2 Å². The van der Waals surface area contributed by atoms with Crippen LogP contribution in [-0.4, -0.2) is 49.6 Å². The Morgan fingerprint density at radius 2 is 2.03 bits per heavy atom. The third-order valence-corrected chi connectivity index (χ3v) is 5.14. The Morgan fingerprint density at radius 1 is 1.19 bits per heavy atom. The van der Waals surface area contributed by atoms with Gasteiger partial charge in [0.2, 0.25) is 0 Å². The summed E-state index contributed by atoms with van der Waals surface area (Å²) in [5.74, 6) is 0.649. The number of methoxy groups -OCH3 is 2. The molecule has 3 aromatic rings. The Bertz CT molecular complexity index is 1090. The van der Waals surface area contributed by atoms with E-state index in [4.69, 9.17) is 18.9 Å². The van der Waals surface area contributed by atoms with Crippen molar-refractivity contribution < 1.29 is 28.1 Å². The molecule has 1 atom stereocenters. The van der Waals surface area contributed by atoms with Crippen LogP contribution in [0.3, 0.4) is 0 Å². The number of hydrogen-bond acceptors (Lipinski definition) is 6. The molecule has 168 valence electrons. The Hall–Kier alpha value is -3.59. The number of benzene rings is 2. The Kier molecular flexibility index (Phi) is 6.55. The minimum Gasteiger partial charge on any atom is -0.497 e. The summed E-state index contributed by atoms with van der Waals surface area (Å²) in [5.41, 5.74) is 1.46. The third kappa shape index (κ3) is 4.83. The van der Waals surface area contributed by atoms with Crippen LogP contribution in [-0.2, 0) is 4.74 Å². The van der Waals surface area contributed by atoms with E-state index in [1.54, 1.807) is 24.3 Å². The van der Waals surface area contributed by atoms with Crippen molar-refractivity contribution in [3.8, 4) is 28.5 Å². The van der Waals surface area contributed by atoms with E-state index in [1.165, 1.54) is 32.4 Å². The lowest BCUT2D eigenvalue weighted by atomic mass is 10.1. The van der Waals surface area contributed by atoms with Crippen LogP contribution in [0.4, 0.5) is 10.1 Å². The number of aromatic nitrogens is 2. The zero-order valence-corrected chi connectivity index (χ0v) is 17.8. The van der Waals surface area contributed by atoms with E-state index < -0.39 is 11.7 Å². The predicted octanol–water partition coefficient (Wildman–Crippen LogP) is 4.04. The molecule has 2 N–H and O–H groups in total. The average Bonchev–Trinajstić information content (AvgIpc) is 3.50.